The molecule has 2 unspecified atom stereocenters. The molecule has 0 spiro atoms. The molecular weight excluding hydrogens is 392 g/mol. The van der Waals surface area contributed by atoms with Crippen LogP contribution in [-0.2, 0) is 21.6 Å². The number of nitrogens with zero attached hydrogens (tertiary/aromatic N) is 2. The van der Waals surface area contributed by atoms with Gasteiger partial charge in [-0.25, -0.2) is 4.98 Å². The van der Waals surface area contributed by atoms with Gasteiger partial charge >= 0.3 is 5.97 Å². The first-order valence-corrected chi connectivity index (χ1v) is 10.1. The number of hydrogen-bond donors (Lipinski definition) is 1. The molecule has 1 N–H and O–H groups in total. The minimum absolute atomic E-state index is 0.101. The number of halogens is 1. The van der Waals surface area contributed by atoms with E-state index in [1.54, 1.807) is 11.5 Å². The molecule has 0 saturated carbocycles. The maximum atomic E-state index is 13.5. The number of carbonyl (C=O) groups excluding carboxylic acids is 1. The van der Waals surface area contributed by atoms with Gasteiger partial charge in [-0.1, -0.05) is 25.1 Å². The first kappa shape index (κ1) is 18.3. The van der Waals surface area contributed by atoms with Crippen LogP contribution >= 0.6 is 11.6 Å². The molecule has 0 radical (unpaired) electrons. The highest BCUT2D eigenvalue weighted by molar-refractivity contribution is 6.18. The molecule has 0 fully saturated rings. The molecule has 2 aliphatic rings. The second kappa shape index (κ2) is 6.40. The van der Waals surface area contributed by atoms with Gasteiger partial charge in [-0.2, -0.15) is 0 Å². The summed E-state index contributed by atoms with van der Waals surface area (Å²) >= 11 is 6.29. The van der Waals surface area contributed by atoms with E-state index in [0.717, 1.165) is 16.5 Å². The van der Waals surface area contributed by atoms with Gasteiger partial charge in [0.15, 0.2) is 0 Å². The number of carbonyl (C=O) groups is 1. The van der Waals surface area contributed by atoms with Crippen LogP contribution in [0.25, 0.3) is 22.3 Å². The molecule has 5 rings (SSSR count). The van der Waals surface area contributed by atoms with Gasteiger partial charge in [0.1, 0.15) is 12.0 Å². The predicted molar refractivity (Wildman–Crippen MR) is 109 cm³/mol. The Morgan fingerprint density at radius 3 is 2.83 bits per heavy atom. The number of pyridine rings is 2. The van der Waals surface area contributed by atoms with Gasteiger partial charge in [0.25, 0.3) is 5.56 Å². The number of esters is 1. The Morgan fingerprint density at radius 1 is 1.31 bits per heavy atom. The maximum absolute atomic E-state index is 13.5. The van der Waals surface area contributed by atoms with E-state index in [2.05, 4.69) is 0 Å². The van der Waals surface area contributed by atoms with E-state index in [0.29, 0.717) is 28.9 Å². The molecule has 2 aromatic heterocycles. The van der Waals surface area contributed by atoms with Gasteiger partial charge in [0.05, 0.1) is 35.1 Å². The van der Waals surface area contributed by atoms with Crippen LogP contribution in [-0.4, -0.2) is 33.1 Å². The van der Waals surface area contributed by atoms with Crippen LogP contribution in [0.2, 0.25) is 0 Å². The normalized spacial score (nSPS) is 22.2. The van der Waals surface area contributed by atoms with E-state index in [9.17, 15) is 14.7 Å². The van der Waals surface area contributed by atoms with Crippen molar-refractivity contribution in [3.8, 4) is 11.4 Å². The summed E-state index contributed by atoms with van der Waals surface area (Å²) in [6.07, 6.45) is 0.329. The lowest BCUT2D eigenvalue weighted by molar-refractivity contribution is -0.156. The summed E-state index contributed by atoms with van der Waals surface area (Å²) in [6, 6.07) is 11.3. The van der Waals surface area contributed by atoms with Gasteiger partial charge in [-0.15, -0.1) is 11.6 Å². The number of aliphatic hydroxyl groups is 1. The van der Waals surface area contributed by atoms with Crippen LogP contribution in [0.1, 0.15) is 36.1 Å². The van der Waals surface area contributed by atoms with Crippen molar-refractivity contribution in [3.63, 3.8) is 0 Å². The summed E-state index contributed by atoms with van der Waals surface area (Å²) in [7, 11) is 0. The number of ether oxygens (including phenoxy) is 1. The third kappa shape index (κ3) is 2.30. The van der Waals surface area contributed by atoms with Crippen molar-refractivity contribution in [2.24, 2.45) is 0 Å². The molecule has 3 aromatic rings. The number of benzene rings is 1. The summed E-state index contributed by atoms with van der Waals surface area (Å²) < 4.78 is 6.94. The Morgan fingerprint density at radius 2 is 2.10 bits per heavy atom. The van der Waals surface area contributed by atoms with Crippen molar-refractivity contribution in [1.82, 2.24) is 9.55 Å². The summed E-state index contributed by atoms with van der Waals surface area (Å²) in [6.45, 7) is 1.28. The van der Waals surface area contributed by atoms with E-state index in [1.807, 2.05) is 36.4 Å². The van der Waals surface area contributed by atoms with E-state index in [-0.39, 0.29) is 24.1 Å². The number of rotatable bonds is 3. The highest BCUT2D eigenvalue weighted by Gasteiger charge is 2.47. The topological polar surface area (TPSA) is 81.4 Å². The molecule has 1 aromatic carbocycles. The zero-order valence-electron chi connectivity index (χ0n) is 15.8. The van der Waals surface area contributed by atoms with E-state index in [1.165, 1.54) is 0 Å². The lowest BCUT2D eigenvalue weighted by atomic mass is 9.75. The molecule has 2 atom stereocenters. The fourth-order valence-electron chi connectivity index (χ4n) is 4.59. The molecule has 2 aliphatic heterocycles. The summed E-state index contributed by atoms with van der Waals surface area (Å²) in [5.41, 5.74) is 2.47. The monoisotopic (exact) mass is 410 g/mol. The van der Waals surface area contributed by atoms with Crippen molar-refractivity contribution in [3.05, 3.63) is 63.4 Å². The Hall–Kier alpha value is -2.70. The minimum Gasteiger partial charge on any atom is -0.460 e. The van der Waals surface area contributed by atoms with Gasteiger partial charge in [-0.05, 0) is 30.2 Å². The van der Waals surface area contributed by atoms with Gasteiger partial charge < -0.3 is 9.84 Å². The van der Waals surface area contributed by atoms with Gasteiger partial charge in [0.2, 0.25) is 0 Å². The number of para-hydroxylation sites is 1. The lowest BCUT2D eigenvalue weighted by Crippen LogP contribution is -2.47. The number of aromatic nitrogens is 2. The molecule has 0 saturated heterocycles. The standard InChI is InChI=1S/C22H19ClN2O4/c1-2-22(11-26)15-8-17-19-13(7-12-5-3-4-6-16(12)24-19)18(9-23)25(17)20(27)14(15)10-29-21(22)28/h3-8,18,26H,2,9-11H2,1H3. The van der Waals surface area contributed by atoms with Gasteiger partial charge in [0, 0.05) is 16.8 Å². The van der Waals surface area contributed by atoms with Crippen LogP contribution in [0.4, 0.5) is 0 Å². The number of alkyl halides is 1. The predicted octanol–water partition coefficient (Wildman–Crippen LogP) is 2.90. The first-order valence-electron chi connectivity index (χ1n) is 9.58. The van der Waals surface area contributed by atoms with Crippen LogP contribution in [0.15, 0.2) is 41.2 Å². The summed E-state index contributed by atoms with van der Waals surface area (Å²) in [4.78, 5) is 30.8. The summed E-state index contributed by atoms with van der Waals surface area (Å²) in [5, 5.41) is 11.1. The quantitative estimate of drug-likeness (QED) is 0.530. The van der Waals surface area contributed by atoms with E-state index in [4.69, 9.17) is 21.3 Å². The van der Waals surface area contributed by atoms with Crippen molar-refractivity contribution in [1.29, 1.82) is 0 Å². The Balaban J connectivity index is 1.86. The molecule has 7 heteroatoms. The summed E-state index contributed by atoms with van der Waals surface area (Å²) in [5.74, 6) is -0.282. The van der Waals surface area contributed by atoms with Crippen molar-refractivity contribution < 1.29 is 14.6 Å². The Bertz CT molecular complexity index is 1230. The first-order chi connectivity index (χ1) is 14.1. The zero-order chi connectivity index (χ0) is 20.3. The number of hydrogen-bond acceptors (Lipinski definition) is 5. The van der Waals surface area contributed by atoms with Crippen molar-refractivity contribution in [2.75, 3.05) is 12.5 Å². The minimum atomic E-state index is -1.24. The van der Waals surface area contributed by atoms with Crippen LogP contribution in [0.5, 0.6) is 0 Å². The van der Waals surface area contributed by atoms with Crippen LogP contribution in [0, 0.1) is 0 Å². The third-order valence-corrected chi connectivity index (χ3v) is 6.58. The average Bonchev–Trinajstić information content (AvgIpc) is 3.05. The third-order valence-electron chi connectivity index (χ3n) is 6.28. The average molecular weight is 411 g/mol. The second-order valence-corrected chi connectivity index (χ2v) is 7.86. The molecule has 6 nitrogen and oxygen atoms in total. The maximum Gasteiger partial charge on any atom is 0.319 e. The fourth-order valence-corrected chi connectivity index (χ4v) is 4.89. The van der Waals surface area contributed by atoms with Crippen LogP contribution in [0.3, 0.4) is 0 Å². The lowest BCUT2D eigenvalue weighted by Gasteiger charge is -2.35. The molecule has 148 valence electrons. The molecule has 0 amide bonds. The molecule has 0 bridgehead atoms. The highest BCUT2D eigenvalue weighted by atomic mass is 35.5. The zero-order valence-corrected chi connectivity index (χ0v) is 16.6. The van der Waals surface area contributed by atoms with Crippen molar-refractivity contribution >= 4 is 28.5 Å². The highest BCUT2D eigenvalue weighted by Crippen LogP contribution is 2.43. The van der Waals surface area contributed by atoms with E-state index >= 15 is 0 Å². The molecular formula is C22H19ClN2O4. The van der Waals surface area contributed by atoms with Crippen molar-refractivity contribution in [2.45, 2.75) is 31.4 Å². The smallest absolute Gasteiger partial charge is 0.319 e. The number of cyclic esters (lactones) is 1. The molecule has 0 aliphatic carbocycles. The molecule has 29 heavy (non-hydrogen) atoms. The number of aliphatic hydroxyl groups excluding tert-OH is 1. The number of fused-ring (bicyclic) bond motifs is 5. The fraction of sp³-hybridized carbons (Fsp3) is 0.318. The Labute approximate surface area is 171 Å². The van der Waals surface area contributed by atoms with Gasteiger partial charge in [-0.3, -0.25) is 14.2 Å². The SMILES string of the molecule is CCC1(CO)C(=O)OCc2c1cc1n(c2=O)C(CCl)c2cc3ccccc3nc2-1. The van der Waals surface area contributed by atoms with Crippen LogP contribution < -0.4 is 5.56 Å². The second-order valence-electron chi connectivity index (χ2n) is 7.56. The van der Waals surface area contributed by atoms with E-state index < -0.39 is 18.0 Å². The molecule has 4 heterocycles. The Kier molecular flexibility index (Phi) is 4.05. The largest absolute Gasteiger partial charge is 0.460 e.